The second kappa shape index (κ2) is 10.9. The first-order chi connectivity index (χ1) is 18.8. The van der Waals surface area contributed by atoms with Crippen LogP contribution < -0.4 is 16.0 Å². The number of rotatable bonds is 4. The molecule has 0 bridgehead atoms. The third-order valence-electron chi connectivity index (χ3n) is 6.11. The highest BCUT2D eigenvalue weighted by molar-refractivity contribution is 6.34. The number of nitrogens with zero attached hydrogens (tertiary/aromatic N) is 7. The van der Waals surface area contributed by atoms with E-state index in [9.17, 15) is 22.8 Å². The van der Waals surface area contributed by atoms with Gasteiger partial charge in [0.05, 0.1) is 29.3 Å². The van der Waals surface area contributed by atoms with Gasteiger partial charge in [0.2, 0.25) is 5.91 Å². The molecule has 13 nitrogen and oxygen atoms in total. The number of piperazine rings is 1. The van der Waals surface area contributed by atoms with Gasteiger partial charge >= 0.3 is 12.1 Å². The maximum Gasteiger partial charge on any atom is 0.490 e. The average Bonchev–Trinajstić information content (AvgIpc) is 3.50. The zero-order valence-corrected chi connectivity index (χ0v) is 21.8. The highest BCUT2D eigenvalue weighted by Crippen LogP contribution is 2.33. The molecule has 17 heteroatoms. The van der Waals surface area contributed by atoms with Crippen molar-refractivity contribution in [2.45, 2.75) is 19.1 Å². The van der Waals surface area contributed by atoms with Gasteiger partial charge in [-0.2, -0.15) is 13.2 Å². The Kier molecular flexibility index (Phi) is 7.72. The fourth-order valence-corrected chi connectivity index (χ4v) is 4.37. The first-order valence-electron chi connectivity index (χ1n) is 11.6. The zero-order valence-electron chi connectivity index (χ0n) is 21.1. The van der Waals surface area contributed by atoms with E-state index in [0.29, 0.717) is 23.8 Å². The molecule has 5 heterocycles. The number of carbonyl (C=O) groups excluding carboxylic acids is 2. The third kappa shape index (κ3) is 5.56. The molecule has 1 aliphatic rings. The molecule has 1 fully saturated rings. The highest BCUT2D eigenvalue weighted by atomic mass is 35.5. The van der Waals surface area contributed by atoms with Gasteiger partial charge in [0.15, 0.2) is 11.5 Å². The van der Waals surface area contributed by atoms with Crippen molar-refractivity contribution in [3.63, 3.8) is 0 Å². The lowest BCUT2D eigenvalue weighted by Crippen LogP contribution is -2.49. The molecule has 0 saturated carbocycles. The van der Waals surface area contributed by atoms with E-state index in [2.05, 4.69) is 20.4 Å². The summed E-state index contributed by atoms with van der Waals surface area (Å²) < 4.78 is 35.1. The van der Waals surface area contributed by atoms with Crippen LogP contribution in [-0.2, 0) is 9.59 Å². The third-order valence-corrected chi connectivity index (χ3v) is 6.42. The summed E-state index contributed by atoms with van der Waals surface area (Å²) in [6.07, 6.45) is 1.49. The minimum atomic E-state index is -5.08. The normalized spacial score (nSPS) is 14.7. The summed E-state index contributed by atoms with van der Waals surface area (Å²) in [6.45, 7) is 3.28. The lowest BCUT2D eigenvalue weighted by Gasteiger charge is -2.35. The number of amides is 2. The van der Waals surface area contributed by atoms with Gasteiger partial charge in [0, 0.05) is 38.1 Å². The molecule has 4 aromatic heterocycles. The zero-order chi connectivity index (χ0) is 29.4. The van der Waals surface area contributed by atoms with Crippen molar-refractivity contribution in [2.75, 3.05) is 37.3 Å². The van der Waals surface area contributed by atoms with E-state index in [1.807, 2.05) is 16.2 Å². The predicted octanol–water partition coefficient (Wildman–Crippen LogP) is 2.02. The van der Waals surface area contributed by atoms with Crippen molar-refractivity contribution in [3.05, 3.63) is 53.2 Å². The van der Waals surface area contributed by atoms with Crippen molar-refractivity contribution < 1.29 is 32.7 Å². The highest BCUT2D eigenvalue weighted by Gasteiger charge is 2.38. The number of nitrogens with one attached hydrogen (secondary N) is 1. The van der Waals surface area contributed by atoms with Crippen molar-refractivity contribution in [1.82, 2.24) is 34.2 Å². The number of alkyl halides is 3. The summed E-state index contributed by atoms with van der Waals surface area (Å²) in [6, 6.07) is 3.04. The lowest BCUT2D eigenvalue weighted by molar-refractivity contribution is -0.192. The smallest absolute Gasteiger partial charge is 0.475 e. The number of fused-ring (bicyclic) bond motifs is 2. The number of pyridine rings is 1. The van der Waals surface area contributed by atoms with Crippen LogP contribution in [-0.4, -0.2) is 84.6 Å². The predicted molar refractivity (Wildman–Crippen MR) is 137 cm³/mol. The number of carboxylic acid groups (broad SMARTS) is 1. The average molecular weight is 582 g/mol. The number of imidazole rings is 1. The van der Waals surface area contributed by atoms with Gasteiger partial charge in [-0.3, -0.25) is 14.0 Å². The Balaban J connectivity index is 0.000000470. The van der Waals surface area contributed by atoms with Crippen LogP contribution >= 0.6 is 11.6 Å². The molecular formula is C23H23ClF3N9O4. The van der Waals surface area contributed by atoms with Crippen LogP contribution in [0.3, 0.4) is 0 Å². The topological polar surface area (TPSA) is 163 Å². The first kappa shape index (κ1) is 28.4. The summed E-state index contributed by atoms with van der Waals surface area (Å²) in [5, 5.41) is 14.8. The number of hydrogen-bond donors (Lipinski definition) is 3. The molecule has 40 heavy (non-hydrogen) atoms. The maximum absolute atomic E-state index is 13.2. The van der Waals surface area contributed by atoms with Crippen LogP contribution in [0.2, 0.25) is 5.02 Å². The summed E-state index contributed by atoms with van der Waals surface area (Å²) in [5.74, 6) is -2.31. The number of nitrogens with two attached hydrogens (primary N) is 1. The largest absolute Gasteiger partial charge is 0.490 e. The van der Waals surface area contributed by atoms with E-state index in [4.69, 9.17) is 27.2 Å². The van der Waals surface area contributed by atoms with E-state index >= 15 is 0 Å². The number of hydrogen-bond acceptors (Lipinski definition) is 8. The van der Waals surface area contributed by atoms with Gasteiger partial charge in [0.25, 0.3) is 5.91 Å². The number of aromatic nitrogens is 5. The van der Waals surface area contributed by atoms with Crippen LogP contribution in [0, 0.1) is 0 Å². The molecule has 0 spiro atoms. The van der Waals surface area contributed by atoms with Gasteiger partial charge in [-0.15, -0.1) is 5.10 Å². The van der Waals surface area contributed by atoms with Crippen molar-refractivity contribution >= 4 is 52.2 Å². The fourth-order valence-electron chi connectivity index (χ4n) is 4.12. The fraction of sp³-hybridized carbons (Fsp3) is 0.304. The Morgan fingerprint density at radius 1 is 1.27 bits per heavy atom. The van der Waals surface area contributed by atoms with Gasteiger partial charge in [-0.1, -0.05) is 11.6 Å². The molecule has 0 radical (unpaired) electrons. The summed E-state index contributed by atoms with van der Waals surface area (Å²) in [4.78, 5) is 46.7. The van der Waals surface area contributed by atoms with Gasteiger partial charge < -0.3 is 26.0 Å². The molecular weight excluding hydrogens is 559 g/mol. The summed E-state index contributed by atoms with van der Waals surface area (Å²) in [5.41, 5.74) is 8.05. The van der Waals surface area contributed by atoms with Crippen molar-refractivity contribution in [3.8, 4) is 0 Å². The molecule has 5 rings (SSSR count). The molecule has 2 amide bonds. The van der Waals surface area contributed by atoms with Gasteiger partial charge in [0.1, 0.15) is 17.7 Å². The van der Waals surface area contributed by atoms with E-state index in [1.54, 1.807) is 49.0 Å². The Labute approximate surface area is 228 Å². The van der Waals surface area contributed by atoms with Crippen LogP contribution in [0.1, 0.15) is 28.9 Å². The van der Waals surface area contributed by atoms with E-state index in [-0.39, 0.29) is 23.8 Å². The number of carboxylic acids is 1. The molecule has 4 aromatic rings. The number of likely N-dealkylation sites (N-methyl/N-ethyl adjacent to an activating group) is 1. The monoisotopic (exact) mass is 581 g/mol. The minimum Gasteiger partial charge on any atom is -0.475 e. The second-order valence-corrected chi connectivity index (χ2v) is 9.21. The van der Waals surface area contributed by atoms with Crippen molar-refractivity contribution in [2.24, 2.45) is 0 Å². The molecule has 1 saturated heterocycles. The Bertz CT molecular complexity index is 1600. The van der Waals surface area contributed by atoms with Crippen LogP contribution in [0.4, 0.5) is 24.8 Å². The second-order valence-electron chi connectivity index (χ2n) is 8.80. The molecule has 0 aliphatic carbocycles. The lowest BCUT2D eigenvalue weighted by atomic mass is 10.1. The van der Waals surface area contributed by atoms with Crippen molar-refractivity contribution in [1.29, 1.82) is 0 Å². The molecule has 4 N–H and O–H groups in total. The van der Waals surface area contributed by atoms with Gasteiger partial charge in [-0.25, -0.2) is 19.3 Å². The SMILES string of the molecule is CC(NC(=O)c1c(N)nn2cccnc12)c1cc(Cl)c2cncn2c1N1CCN(C)C(=O)C1.O=C(O)C(F)(F)F. The Hall–Kier alpha value is -4.60. The molecule has 0 aromatic carbocycles. The van der Waals surface area contributed by atoms with Crippen LogP contribution in [0.25, 0.3) is 11.2 Å². The molecule has 1 aliphatic heterocycles. The van der Waals surface area contributed by atoms with E-state index in [1.165, 1.54) is 4.52 Å². The quantitative estimate of drug-likeness (QED) is 0.327. The molecule has 1 atom stereocenters. The number of carbonyl (C=O) groups is 3. The Morgan fingerprint density at radius 2 is 1.98 bits per heavy atom. The number of halogens is 4. The van der Waals surface area contributed by atoms with Gasteiger partial charge in [-0.05, 0) is 19.1 Å². The standard InChI is InChI=1S/C21H22ClN9O2.C2HF3O2/c1-12(26-20(33)17-18(23)27-31-5-3-4-25-19(17)31)13-8-14(22)15-9-24-11-30(15)21(13)29-7-6-28(2)16(32)10-29;3-2(4,5)1(6)7/h3-5,8-9,11-12H,6-7,10H2,1-2H3,(H2,23,27)(H,26,33);(H,6,7). The number of anilines is 2. The number of nitrogen functional groups attached to an aromatic ring is 1. The molecule has 212 valence electrons. The minimum absolute atomic E-state index is 0.0114. The van der Waals surface area contributed by atoms with E-state index < -0.39 is 24.1 Å². The maximum atomic E-state index is 13.2. The first-order valence-corrected chi connectivity index (χ1v) is 12.0. The summed E-state index contributed by atoms with van der Waals surface area (Å²) in [7, 11) is 1.78. The van der Waals surface area contributed by atoms with E-state index in [0.717, 1.165) is 16.9 Å². The summed E-state index contributed by atoms with van der Waals surface area (Å²) >= 11 is 6.54. The van der Waals surface area contributed by atoms with Crippen LogP contribution in [0.5, 0.6) is 0 Å². The number of aliphatic carboxylic acids is 1. The molecule has 1 unspecified atom stereocenters. The Morgan fingerprint density at radius 3 is 2.62 bits per heavy atom. The van der Waals surface area contributed by atoms with Crippen LogP contribution in [0.15, 0.2) is 37.1 Å².